The van der Waals surface area contributed by atoms with Crippen molar-refractivity contribution in [2.75, 3.05) is 12.4 Å². The van der Waals surface area contributed by atoms with E-state index in [0.29, 0.717) is 0 Å². The summed E-state index contributed by atoms with van der Waals surface area (Å²) in [5, 5.41) is 25.9. The molecule has 23 heavy (non-hydrogen) atoms. The molecule has 1 amide bonds. The van der Waals surface area contributed by atoms with Gasteiger partial charge in [-0.3, -0.25) is 19.7 Å². The predicted molar refractivity (Wildman–Crippen MR) is 77.5 cm³/mol. The predicted octanol–water partition coefficient (Wildman–Crippen LogP) is 1.14. The van der Waals surface area contributed by atoms with Crippen LogP contribution in [0.5, 0.6) is 5.75 Å². The molecule has 0 radical (unpaired) electrons. The Kier molecular flexibility index (Phi) is 4.55. The summed E-state index contributed by atoms with van der Waals surface area (Å²) in [5.41, 5.74) is -0.414. The fourth-order valence-corrected chi connectivity index (χ4v) is 1.86. The summed E-state index contributed by atoms with van der Waals surface area (Å²) in [7, 11) is 1.36. The average Bonchev–Trinajstić information content (AvgIpc) is 2.94. The number of nitrogens with zero attached hydrogens (tertiary/aromatic N) is 3. The van der Waals surface area contributed by atoms with E-state index < -0.39 is 23.3 Å². The van der Waals surface area contributed by atoms with Crippen molar-refractivity contribution in [2.45, 2.75) is 6.54 Å². The van der Waals surface area contributed by atoms with Crippen LogP contribution in [0, 0.1) is 10.1 Å². The molecule has 1 aromatic carbocycles. The highest BCUT2D eigenvalue weighted by Crippen LogP contribution is 2.29. The normalized spacial score (nSPS) is 10.1. The van der Waals surface area contributed by atoms with Gasteiger partial charge in [0.2, 0.25) is 0 Å². The molecule has 0 bridgehead atoms. The average molecular weight is 320 g/mol. The number of nitro benzene ring substituents is 1. The molecule has 10 nitrogen and oxygen atoms in total. The summed E-state index contributed by atoms with van der Waals surface area (Å²) in [6, 6.07) is 5.27. The monoisotopic (exact) mass is 320 g/mol. The van der Waals surface area contributed by atoms with Gasteiger partial charge in [0.25, 0.3) is 11.6 Å². The molecule has 0 aliphatic heterocycles. The number of aromatic nitrogens is 2. The fraction of sp³-hybridized carbons (Fsp3) is 0.154. The summed E-state index contributed by atoms with van der Waals surface area (Å²) in [6.07, 6.45) is 1.26. The molecule has 1 aromatic heterocycles. The lowest BCUT2D eigenvalue weighted by Gasteiger charge is -2.08. The Labute approximate surface area is 129 Å². The number of benzene rings is 1. The third-order valence-corrected chi connectivity index (χ3v) is 2.88. The minimum absolute atomic E-state index is 0.0301. The first-order chi connectivity index (χ1) is 10.9. The van der Waals surface area contributed by atoms with Crippen LogP contribution in [-0.4, -0.2) is 38.8 Å². The van der Waals surface area contributed by atoms with E-state index in [1.54, 1.807) is 0 Å². The summed E-state index contributed by atoms with van der Waals surface area (Å²) < 4.78 is 5.88. The smallest absolute Gasteiger partial charge is 0.325 e. The number of carboxylic acid groups (broad SMARTS) is 1. The molecule has 0 atom stereocenters. The van der Waals surface area contributed by atoms with Crippen molar-refractivity contribution in [3.05, 3.63) is 46.3 Å². The zero-order valence-electron chi connectivity index (χ0n) is 11.9. The molecule has 0 unspecified atom stereocenters. The molecular weight excluding hydrogens is 308 g/mol. The van der Waals surface area contributed by atoms with Gasteiger partial charge in [0.1, 0.15) is 23.7 Å². The highest BCUT2D eigenvalue weighted by Gasteiger charge is 2.20. The first-order valence-electron chi connectivity index (χ1n) is 6.29. The molecular formula is C13H12N4O6. The first kappa shape index (κ1) is 15.9. The number of rotatable bonds is 6. The number of hydrogen-bond acceptors (Lipinski definition) is 6. The van der Waals surface area contributed by atoms with E-state index >= 15 is 0 Å². The second-order valence-electron chi connectivity index (χ2n) is 4.36. The van der Waals surface area contributed by atoms with Crippen LogP contribution in [-0.2, 0) is 11.3 Å². The molecule has 0 aliphatic carbocycles. The van der Waals surface area contributed by atoms with Gasteiger partial charge in [-0.2, -0.15) is 5.10 Å². The number of carbonyl (C=O) groups excluding carboxylic acids is 1. The van der Waals surface area contributed by atoms with Crippen LogP contribution in [0.1, 0.15) is 10.5 Å². The van der Waals surface area contributed by atoms with Gasteiger partial charge >= 0.3 is 5.97 Å². The van der Waals surface area contributed by atoms with Crippen molar-refractivity contribution in [1.82, 2.24) is 9.78 Å². The van der Waals surface area contributed by atoms with Crippen molar-refractivity contribution in [3.8, 4) is 5.75 Å². The Balaban J connectivity index is 2.29. The molecule has 2 rings (SSSR count). The molecule has 1 heterocycles. The molecule has 0 fully saturated rings. The van der Waals surface area contributed by atoms with Gasteiger partial charge in [-0.25, -0.2) is 4.68 Å². The van der Waals surface area contributed by atoms with Gasteiger partial charge in [-0.1, -0.05) is 0 Å². The SMILES string of the molecule is COc1ccc(NC(=O)c2ccnn2CC(=O)O)c([N+](=O)[O-])c1. The zero-order valence-corrected chi connectivity index (χ0v) is 11.9. The van der Waals surface area contributed by atoms with E-state index in [9.17, 15) is 19.7 Å². The van der Waals surface area contributed by atoms with Crippen molar-refractivity contribution >= 4 is 23.3 Å². The van der Waals surface area contributed by atoms with Crippen molar-refractivity contribution in [1.29, 1.82) is 0 Å². The molecule has 0 saturated carbocycles. The van der Waals surface area contributed by atoms with E-state index in [1.807, 2.05) is 0 Å². The van der Waals surface area contributed by atoms with Gasteiger partial charge in [0.05, 0.1) is 18.1 Å². The van der Waals surface area contributed by atoms with E-state index in [4.69, 9.17) is 9.84 Å². The number of methoxy groups -OCH3 is 1. The van der Waals surface area contributed by atoms with Crippen LogP contribution in [0.25, 0.3) is 0 Å². The molecule has 2 N–H and O–H groups in total. The highest BCUT2D eigenvalue weighted by atomic mass is 16.6. The van der Waals surface area contributed by atoms with Gasteiger partial charge < -0.3 is 15.2 Å². The molecule has 0 saturated heterocycles. The van der Waals surface area contributed by atoms with E-state index in [0.717, 1.165) is 4.68 Å². The Bertz CT molecular complexity index is 770. The number of carboxylic acids is 1. The van der Waals surface area contributed by atoms with Gasteiger partial charge in [-0.05, 0) is 18.2 Å². The first-order valence-corrected chi connectivity index (χ1v) is 6.29. The van der Waals surface area contributed by atoms with Crippen LogP contribution in [0.2, 0.25) is 0 Å². The third kappa shape index (κ3) is 3.61. The van der Waals surface area contributed by atoms with Crippen LogP contribution >= 0.6 is 0 Å². The topological polar surface area (TPSA) is 137 Å². The van der Waals surface area contributed by atoms with E-state index in [2.05, 4.69) is 10.4 Å². The number of hydrogen-bond donors (Lipinski definition) is 2. The van der Waals surface area contributed by atoms with E-state index in [1.165, 1.54) is 37.6 Å². The van der Waals surface area contributed by atoms with Crippen LogP contribution in [0.3, 0.4) is 0 Å². The Morgan fingerprint density at radius 1 is 1.43 bits per heavy atom. The van der Waals surface area contributed by atoms with Crippen LogP contribution in [0.15, 0.2) is 30.5 Å². The van der Waals surface area contributed by atoms with Gasteiger partial charge in [-0.15, -0.1) is 0 Å². The summed E-state index contributed by atoms with van der Waals surface area (Å²) >= 11 is 0. The summed E-state index contributed by atoms with van der Waals surface area (Å²) in [4.78, 5) is 33.3. The maximum atomic E-state index is 12.2. The molecule has 0 aliphatic rings. The number of nitro groups is 1. The van der Waals surface area contributed by atoms with Gasteiger partial charge in [0.15, 0.2) is 0 Å². The number of carbonyl (C=O) groups is 2. The molecule has 0 spiro atoms. The van der Waals surface area contributed by atoms with Crippen molar-refractivity contribution < 1.29 is 24.4 Å². The fourth-order valence-electron chi connectivity index (χ4n) is 1.86. The number of ether oxygens (including phenoxy) is 1. The third-order valence-electron chi connectivity index (χ3n) is 2.88. The standard InChI is InChI=1S/C13H12N4O6/c1-23-8-2-3-9(11(6-8)17(21)22)15-13(20)10-4-5-14-16(10)7-12(18)19/h2-6H,7H2,1H3,(H,15,20)(H,18,19). The summed E-state index contributed by atoms with van der Waals surface area (Å²) in [5.74, 6) is -1.61. The minimum atomic E-state index is -1.17. The molecule has 120 valence electrons. The Hall–Kier alpha value is -3.43. The number of amides is 1. The number of nitrogens with one attached hydrogen (secondary N) is 1. The van der Waals surface area contributed by atoms with Crippen molar-refractivity contribution in [2.24, 2.45) is 0 Å². The lowest BCUT2D eigenvalue weighted by molar-refractivity contribution is -0.384. The number of anilines is 1. The largest absolute Gasteiger partial charge is 0.496 e. The lowest BCUT2D eigenvalue weighted by atomic mass is 10.2. The highest BCUT2D eigenvalue weighted by molar-refractivity contribution is 6.04. The number of aliphatic carboxylic acids is 1. The maximum Gasteiger partial charge on any atom is 0.325 e. The second kappa shape index (κ2) is 6.56. The van der Waals surface area contributed by atoms with Gasteiger partial charge in [0, 0.05) is 6.20 Å². The maximum absolute atomic E-state index is 12.2. The van der Waals surface area contributed by atoms with Crippen LogP contribution < -0.4 is 10.1 Å². The Morgan fingerprint density at radius 3 is 2.78 bits per heavy atom. The summed E-state index contributed by atoms with van der Waals surface area (Å²) in [6.45, 7) is -0.500. The molecule has 2 aromatic rings. The second-order valence-corrected chi connectivity index (χ2v) is 4.36. The quantitative estimate of drug-likeness (QED) is 0.601. The lowest BCUT2D eigenvalue weighted by Crippen LogP contribution is -2.21. The van der Waals surface area contributed by atoms with E-state index in [-0.39, 0.29) is 22.8 Å². The van der Waals surface area contributed by atoms with Crippen LogP contribution in [0.4, 0.5) is 11.4 Å². The minimum Gasteiger partial charge on any atom is -0.496 e. The van der Waals surface area contributed by atoms with Crippen molar-refractivity contribution in [3.63, 3.8) is 0 Å². The zero-order chi connectivity index (χ0) is 17.0. The Morgan fingerprint density at radius 2 is 2.17 bits per heavy atom. The molecule has 10 heteroatoms.